The molecule has 76 heavy (non-hydrogen) atoms. The Kier molecular flexibility index (Phi) is 64.8. The van der Waals surface area contributed by atoms with Crippen LogP contribution in [-0.4, -0.2) is 151 Å². The number of piperidine rings is 3. The van der Waals surface area contributed by atoms with Crippen LogP contribution < -0.4 is 34.9 Å². The van der Waals surface area contributed by atoms with Gasteiger partial charge in [0.1, 0.15) is 17.0 Å². The van der Waals surface area contributed by atoms with Gasteiger partial charge in [0.05, 0.1) is 13.2 Å². The van der Waals surface area contributed by atoms with Crippen LogP contribution in [0, 0.1) is 13.8 Å². The number of nitrogens with zero attached hydrogens (tertiary/aromatic N) is 2. The van der Waals surface area contributed by atoms with Gasteiger partial charge in [0.25, 0.3) is 0 Å². The Balaban J connectivity index is -0.000000419. The topological polar surface area (TPSA) is 166 Å². The molecule has 0 saturated carbocycles. The molecule has 2 amide bonds. The molecule has 6 saturated heterocycles. The Morgan fingerprint density at radius 3 is 1.29 bits per heavy atom. The van der Waals surface area contributed by atoms with E-state index < -0.39 is 11.2 Å². The van der Waals surface area contributed by atoms with Crippen LogP contribution in [-0.2, 0) is 42.9 Å². The molecule has 459 valence electrons. The van der Waals surface area contributed by atoms with E-state index in [4.69, 9.17) is 29.4 Å². The maximum absolute atomic E-state index is 11.8. The van der Waals surface area contributed by atoms with Crippen molar-refractivity contribution in [1.82, 2.24) is 25.8 Å². The molecule has 6 heterocycles. The molecule has 0 aromatic rings. The molecule has 0 bridgehead atoms. The molecule has 0 spiro atoms. The van der Waals surface area contributed by atoms with Gasteiger partial charge >= 0.3 is 177 Å². The van der Waals surface area contributed by atoms with Crippen molar-refractivity contribution in [1.29, 1.82) is 0 Å². The second-order valence-corrected chi connectivity index (χ2v) is 86.3. The summed E-state index contributed by atoms with van der Waals surface area (Å²) in [6.07, 6.45) is 13.8. The molecule has 25 heteroatoms. The van der Waals surface area contributed by atoms with Gasteiger partial charge in [0, 0.05) is 98.6 Å². The Hall–Kier alpha value is 5.67. The fourth-order valence-electron chi connectivity index (χ4n) is 7.77. The Morgan fingerprint density at radius 2 is 1.03 bits per heavy atom. The molecule has 5 N–H and O–H groups in total. The molecule has 6 fully saturated rings. The Morgan fingerprint density at radius 1 is 0.750 bits per heavy atom. The number of alkyl carbamates (subject to hydrolysis) is 2. The predicted molar refractivity (Wildman–Crippen MR) is 379 cm³/mol. The summed E-state index contributed by atoms with van der Waals surface area (Å²) in [7, 11) is 0.628. The van der Waals surface area contributed by atoms with Crippen molar-refractivity contribution in [2.45, 2.75) is 217 Å². The van der Waals surface area contributed by atoms with Crippen LogP contribution in [0.4, 0.5) is 9.59 Å². The van der Waals surface area contributed by atoms with Crippen LogP contribution in [0.25, 0.3) is 0 Å². The van der Waals surface area contributed by atoms with Gasteiger partial charge in [-0.15, -0.1) is 0 Å². The van der Waals surface area contributed by atoms with Crippen LogP contribution >= 0.6 is 160 Å². The Labute approximate surface area is 575 Å². The fraction of sp³-hybridized carbons (Fsp3) is 0.902. The van der Waals surface area contributed by atoms with Crippen molar-refractivity contribution >= 4 is 178 Å². The third-order valence-corrected chi connectivity index (χ3v) is 13.0. The van der Waals surface area contributed by atoms with E-state index in [2.05, 4.69) is 227 Å². The van der Waals surface area contributed by atoms with E-state index in [1.54, 1.807) is 6.92 Å². The number of carbonyl (C=O) groups is 3. The van der Waals surface area contributed by atoms with Crippen molar-refractivity contribution in [3.8, 4) is 0 Å². The summed E-state index contributed by atoms with van der Waals surface area (Å²) in [5.74, 6) is 0.339. The van der Waals surface area contributed by atoms with Crippen molar-refractivity contribution < 1.29 is 65.7 Å². The second-order valence-electron chi connectivity index (χ2n) is 20.8. The molecular weight excluding hydrogens is 2070 g/mol. The zero-order chi connectivity index (χ0) is 59.2. The standard InChI is InChI=1S/C16H30N2O3.C11H22N2O.C10H20N2O2.C5H8O2.C4H9I.C3H7.C2H5.I3.5HI.2V/c1-15(2,3)21-14(19)17-13-5-9-18(10-6-13)16(4)7-11-20-12-8-16;1-11(4-8-14-9-5-11)13-6-2-10(12)3-7-13;1-10(2,3)14-9(13)12-8-4-6-11-7-5-8;6-5-1-3-7-4-2-5;1-3-4(2)5;1-3-2;1-2;1-3-2;;;;;;;/h13H,5-12H2,1-4H3,(H,17,19);10H,2-9,12H2,1H3;8,11H,4-7H2,1-3H3,(H,12,13);1-4H2;4H,3H2,1-2H3;1,3H2,2H3;1H2,2H3;;5*1H;;/q;;;;;3*-1;;;;;;+2;+3/p-5. The third kappa shape index (κ3) is 56.2. The first-order valence-electron chi connectivity index (χ1n) is 26.5. The molecular formula is C51H101I9N6O8V2-3. The van der Waals surface area contributed by atoms with Gasteiger partial charge in [-0.1, -0.05) is 43.4 Å². The number of nitrogens with two attached hydrogens (primary N) is 1. The van der Waals surface area contributed by atoms with Crippen LogP contribution in [0.1, 0.15) is 173 Å². The average molecular weight is 2170 g/mol. The summed E-state index contributed by atoms with van der Waals surface area (Å²) in [5.41, 5.74) is 5.74. The van der Waals surface area contributed by atoms with Gasteiger partial charge in [-0.3, -0.25) is 14.6 Å². The summed E-state index contributed by atoms with van der Waals surface area (Å²) in [5, 5.41) is 9.12. The number of ether oxygens (including phenoxy) is 5. The third-order valence-electron chi connectivity index (χ3n) is 12.1. The zero-order valence-electron chi connectivity index (χ0n) is 48.1. The average Bonchev–Trinajstić information content (AvgIpc) is 3.34. The maximum atomic E-state index is 11.8. The van der Waals surface area contributed by atoms with Crippen molar-refractivity contribution in [3.05, 3.63) is 13.8 Å². The Bertz CT molecular complexity index is 1340. The van der Waals surface area contributed by atoms with Crippen LogP contribution in [0.15, 0.2) is 0 Å². The number of Topliss-reactive ketones (excluding diaryl/α,β-unsaturated/α-hetero) is 1. The summed E-state index contributed by atoms with van der Waals surface area (Å²) in [6, 6.07) is 0.945. The SMILES string of the molecule is CC(C)(C)OC(=O)NC1CCN(C2(C)CCOCC2)CC1.CC(C)(C)OC(=O)NC1CCNCC1.CC1(N2CCC(N)CC2)CCOCC1.CCC(C)I.I[I-]I.O=C1CCOCC1.[CH2-]C.[CH2-]CC.[I][V]([I])[I].[I][V][I]. The van der Waals surface area contributed by atoms with Crippen molar-refractivity contribution in [3.63, 3.8) is 0 Å². The minimum absolute atomic E-state index is 0.236. The molecule has 14 nitrogen and oxygen atoms in total. The number of carbonyl (C=O) groups excluding carboxylic acids is 3. The van der Waals surface area contributed by atoms with Crippen molar-refractivity contribution in [2.24, 2.45) is 5.73 Å². The molecule has 1 atom stereocenters. The number of likely N-dealkylation sites (tertiary alicyclic amines) is 2. The summed E-state index contributed by atoms with van der Waals surface area (Å²) < 4.78 is 27.2. The summed E-state index contributed by atoms with van der Waals surface area (Å²) >= 11 is 19.8. The van der Waals surface area contributed by atoms with Gasteiger partial charge in [0.2, 0.25) is 0 Å². The van der Waals surface area contributed by atoms with E-state index in [0.29, 0.717) is 66.1 Å². The molecule has 0 radical (unpaired) electrons. The number of ketones is 1. The number of hydrogen-bond donors (Lipinski definition) is 4. The van der Waals surface area contributed by atoms with E-state index in [1.807, 2.05) is 48.5 Å². The number of rotatable bonds is 5. The van der Waals surface area contributed by atoms with Crippen LogP contribution in [0.3, 0.4) is 0 Å². The molecule has 6 rings (SSSR count). The molecule has 1 unspecified atom stereocenters. The fourth-order valence-corrected chi connectivity index (χ4v) is 7.77. The van der Waals surface area contributed by atoms with E-state index in [0.717, 1.165) is 114 Å². The first-order chi connectivity index (χ1) is 35.6. The zero-order valence-corrected chi connectivity index (χ0v) is 70.4. The summed E-state index contributed by atoms with van der Waals surface area (Å²) in [6.45, 7) is 42.2. The molecule has 0 aromatic heterocycles. The van der Waals surface area contributed by atoms with Crippen molar-refractivity contribution in [2.75, 3.05) is 78.9 Å². The normalized spacial score (nSPS) is 20.2. The molecule has 0 aromatic carbocycles. The number of alkyl halides is 1. The van der Waals surface area contributed by atoms with E-state index in [-0.39, 0.29) is 34.7 Å². The van der Waals surface area contributed by atoms with Crippen LogP contribution in [0.5, 0.6) is 0 Å². The first-order valence-corrected chi connectivity index (χ1v) is 62.9. The molecule has 6 aliphatic heterocycles. The predicted octanol–water partition coefficient (Wildman–Crippen LogP) is 12.6. The monoisotopic (exact) mass is 2170 g/mol. The molecule has 6 aliphatic rings. The minimum atomic E-state index is -0.430. The number of nitrogens with one attached hydrogen (secondary N) is 3. The quantitative estimate of drug-likeness (QED) is 0.117. The number of amides is 2. The second kappa shape index (κ2) is 55.9. The van der Waals surface area contributed by atoms with Gasteiger partial charge in [0.15, 0.2) is 0 Å². The number of halogens is 9. The van der Waals surface area contributed by atoms with Gasteiger partial charge in [-0.05, 0) is 139 Å². The van der Waals surface area contributed by atoms with Gasteiger partial charge in [-0.25, -0.2) is 9.59 Å². The van der Waals surface area contributed by atoms with E-state index >= 15 is 0 Å². The van der Waals surface area contributed by atoms with E-state index in [9.17, 15) is 14.4 Å². The molecule has 0 aliphatic carbocycles. The van der Waals surface area contributed by atoms with Gasteiger partial charge in [-0.2, -0.15) is 13.3 Å². The number of hydrogen-bond acceptors (Lipinski definition) is 12. The first kappa shape index (κ1) is 88.1. The summed E-state index contributed by atoms with van der Waals surface area (Å²) in [4.78, 5) is 38.5. The van der Waals surface area contributed by atoms with Gasteiger partial charge < -0.3 is 59.2 Å². The van der Waals surface area contributed by atoms with Crippen LogP contribution in [0.2, 0.25) is 0 Å². The van der Waals surface area contributed by atoms with E-state index in [1.165, 1.54) is 32.4 Å².